The Labute approximate surface area is 139 Å². The van der Waals surface area contributed by atoms with Gasteiger partial charge in [0.25, 0.3) is 6.47 Å². The van der Waals surface area contributed by atoms with Crippen LogP contribution in [0.4, 0.5) is 0 Å². The first-order chi connectivity index (χ1) is 11.6. The summed E-state index contributed by atoms with van der Waals surface area (Å²) < 4.78 is 7.30. The van der Waals surface area contributed by atoms with Gasteiger partial charge in [-0.2, -0.15) is 0 Å². The lowest BCUT2D eigenvalue weighted by Crippen LogP contribution is -2.45. The number of likely N-dealkylation sites (N-methyl/N-ethyl adjacent to an activating group) is 1. The second-order valence-electron chi connectivity index (χ2n) is 5.69. The highest BCUT2D eigenvalue weighted by Gasteiger charge is 2.38. The number of fused-ring (bicyclic) bond motifs is 3. The van der Waals surface area contributed by atoms with Gasteiger partial charge >= 0.3 is 0 Å². The zero-order valence-electron chi connectivity index (χ0n) is 13.4. The predicted molar refractivity (Wildman–Crippen MR) is 80.8 cm³/mol. The van der Waals surface area contributed by atoms with Gasteiger partial charge in [-0.05, 0) is 0 Å². The molecule has 1 aromatic rings. The summed E-state index contributed by atoms with van der Waals surface area (Å²) >= 11 is 0. The number of carboxylic acid groups (broad SMARTS) is 1. The van der Waals surface area contributed by atoms with Crippen molar-refractivity contribution >= 4 is 18.3 Å². The summed E-state index contributed by atoms with van der Waals surface area (Å²) in [7, 11) is 1.79. The van der Waals surface area contributed by atoms with E-state index in [1.165, 1.54) is 0 Å². The van der Waals surface area contributed by atoms with E-state index in [0.717, 1.165) is 0 Å². The maximum absolute atomic E-state index is 12.4. The molecule has 0 unspecified atom stereocenters. The fraction of sp³-hybridized carbons (Fsp3) is 0.643. The Hall–Kier alpha value is -2.49. The number of nitrogens with zero attached hydrogens (tertiary/aromatic N) is 5. The third-order valence-corrected chi connectivity index (χ3v) is 4.15. The van der Waals surface area contributed by atoms with Crippen molar-refractivity contribution in [2.45, 2.75) is 19.0 Å². The molecule has 0 radical (unpaired) electrons. The lowest BCUT2D eigenvalue weighted by molar-refractivity contribution is -0.134. The summed E-state index contributed by atoms with van der Waals surface area (Å²) in [6, 6.07) is -0.0520. The highest BCUT2D eigenvalue weighted by Crippen LogP contribution is 2.20. The number of rotatable bonds is 3. The third kappa shape index (κ3) is 4.28. The molecule has 1 N–H and O–H groups in total. The van der Waals surface area contributed by atoms with E-state index in [1.807, 2.05) is 0 Å². The maximum atomic E-state index is 12.4. The largest absolute Gasteiger partial charge is 0.483 e. The normalized spacial score (nSPS) is 23.1. The van der Waals surface area contributed by atoms with Crippen molar-refractivity contribution in [1.29, 1.82) is 0 Å². The van der Waals surface area contributed by atoms with E-state index in [-0.39, 0.29) is 30.2 Å². The van der Waals surface area contributed by atoms with Crippen LogP contribution in [0.15, 0.2) is 12.7 Å². The minimum Gasteiger partial charge on any atom is -0.483 e. The zero-order chi connectivity index (χ0) is 17.5. The summed E-state index contributed by atoms with van der Waals surface area (Å²) in [6.07, 6.45) is 3.57. The van der Waals surface area contributed by atoms with Gasteiger partial charge in [0.1, 0.15) is 12.7 Å². The fourth-order valence-corrected chi connectivity index (χ4v) is 2.82. The fourth-order valence-electron chi connectivity index (χ4n) is 2.82. The Morgan fingerprint density at radius 3 is 2.71 bits per heavy atom. The van der Waals surface area contributed by atoms with E-state index in [1.54, 1.807) is 34.1 Å². The highest BCUT2D eigenvalue weighted by atomic mass is 16.5. The first-order valence-corrected chi connectivity index (χ1v) is 7.59. The second-order valence-corrected chi connectivity index (χ2v) is 5.69. The molecule has 2 atom stereocenters. The summed E-state index contributed by atoms with van der Waals surface area (Å²) in [4.78, 5) is 36.5. The van der Waals surface area contributed by atoms with Crippen LogP contribution in [0.5, 0.6) is 0 Å². The highest BCUT2D eigenvalue weighted by molar-refractivity contribution is 5.82. The Kier molecular flexibility index (Phi) is 6.24. The van der Waals surface area contributed by atoms with Crippen LogP contribution in [0.25, 0.3) is 0 Å². The number of aromatic nitrogens is 3. The molecule has 0 aliphatic carbocycles. The first-order valence-electron chi connectivity index (χ1n) is 7.59. The average molecular weight is 339 g/mol. The van der Waals surface area contributed by atoms with Crippen LogP contribution in [0, 0.1) is 5.92 Å². The van der Waals surface area contributed by atoms with Crippen molar-refractivity contribution in [3.8, 4) is 0 Å². The van der Waals surface area contributed by atoms with Crippen molar-refractivity contribution in [3.05, 3.63) is 12.7 Å². The zero-order valence-corrected chi connectivity index (χ0v) is 13.4. The van der Waals surface area contributed by atoms with Crippen LogP contribution >= 0.6 is 0 Å². The number of carbonyl (C=O) groups is 3. The molecule has 2 amide bonds. The Morgan fingerprint density at radius 2 is 2.04 bits per heavy atom. The average Bonchev–Trinajstić information content (AvgIpc) is 2.98. The lowest BCUT2D eigenvalue weighted by atomic mass is 10.1. The van der Waals surface area contributed by atoms with Crippen LogP contribution in [-0.4, -0.2) is 87.4 Å². The second kappa shape index (κ2) is 8.39. The van der Waals surface area contributed by atoms with Gasteiger partial charge in [0, 0.05) is 33.1 Å². The number of hydrogen-bond donors (Lipinski definition) is 1. The molecule has 2 bridgehead atoms. The molecular weight excluding hydrogens is 318 g/mol. The summed E-state index contributed by atoms with van der Waals surface area (Å²) in [5, 5.41) is 14.3. The van der Waals surface area contributed by atoms with E-state index in [4.69, 9.17) is 14.6 Å². The molecule has 3 heterocycles. The van der Waals surface area contributed by atoms with E-state index in [0.29, 0.717) is 39.3 Å². The van der Waals surface area contributed by atoms with Crippen molar-refractivity contribution < 1.29 is 24.2 Å². The summed E-state index contributed by atoms with van der Waals surface area (Å²) in [5.41, 5.74) is 0. The molecule has 132 valence electrons. The van der Waals surface area contributed by atoms with Crippen LogP contribution in [-0.2, 0) is 25.7 Å². The molecule has 2 aliphatic rings. The maximum Gasteiger partial charge on any atom is 0.290 e. The predicted octanol–water partition coefficient (Wildman–Crippen LogP) is -1.32. The molecule has 24 heavy (non-hydrogen) atoms. The van der Waals surface area contributed by atoms with Crippen molar-refractivity contribution in [2.24, 2.45) is 5.92 Å². The van der Waals surface area contributed by atoms with E-state index in [2.05, 4.69) is 10.2 Å². The molecular formula is C14H21N5O5. The Morgan fingerprint density at radius 1 is 1.38 bits per heavy atom. The molecule has 2 aliphatic heterocycles. The van der Waals surface area contributed by atoms with Gasteiger partial charge in [0.2, 0.25) is 11.8 Å². The topological polar surface area (TPSA) is 118 Å². The van der Waals surface area contributed by atoms with Crippen LogP contribution in [0.1, 0.15) is 6.42 Å². The van der Waals surface area contributed by atoms with Gasteiger partial charge in [0.15, 0.2) is 0 Å². The molecule has 0 spiro atoms. The molecule has 0 saturated carbocycles. The van der Waals surface area contributed by atoms with Gasteiger partial charge in [-0.25, -0.2) is 0 Å². The standard InChI is InChI=1S/C13H19N5O3.CH2O2/c1-16-11-5-18(4-10(13(16)20)6-21-7-11)12(19)2-3-17-8-14-15-9-17;2-1-3/h8-11H,2-7H2,1H3;1H,(H,2,3)/t10-,11+;/m1./s1. The van der Waals surface area contributed by atoms with Gasteiger partial charge in [-0.3, -0.25) is 14.4 Å². The van der Waals surface area contributed by atoms with Gasteiger partial charge < -0.3 is 24.2 Å². The quantitative estimate of drug-likeness (QED) is 0.679. The SMILES string of the molecule is CN1C(=O)[C@H]2COC[C@@H]1CN(C(=O)CCn1cnnc1)C2.O=CO. The molecule has 3 rings (SSSR count). The van der Waals surface area contributed by atoms with E-state index < -0.39 is 0 Å². The van der Waals surface area contributed by atoms with Gasteiger partial charge in [0.05, 0.1) is 25.2 Å². The molecule has 2 fully saturated rings. The number of carbonyl (C=O) groups excluding carboxylic acids is 2. The van der Waals surface area contributed by atoms with Crippen LogP contribution in [0.3, 0.4) is 0 Å². The van der Waals surface area contributed by atoms with Crippen molar-refractivity contribution in [1.82, 2.24) is 24.6 Å². The molecule has 10 heteroatoms. The smallest absolute Gasteiger partial charge is 0.290 e. The minimum absolute atomic E-state index is 0.0520. The number of aryl methyl sites for hydroxylation is 1. The molecule has 1 aromatic heterocycles. The van der Waals surface area contributed by atoms with Crippen molar-refractivity contribution in [2.75, 3.05) is 33.4 Å². The first kappa shape index (κ1) is 17.9. The van der Waals surface area contributed by atoms with Crippen molar-refractivity contribution in [3.63, 3.8) is 0 Å². The number of amides is 2. The summed E-state index contributed by atoms with van der Waals surface area (Å²) in [5.74, 6) is -0.114. The van der Waals surface area contributed by atoms with E-state index >= 15 is 0 Å². The van der Waals surface area contributed by atoms with Crippen LogP contribution < -0.4 is 0 Å². The van der Waals surface area contributed by atoms with Gasteiger partial charge in [-0.1, -0.05) is 0 Å². The molecule has 2 saturated heterocycles. The lowest BCUT2D eigenvalue weighted by Gasteiger charge is -2.29. The number of ether oxygens (including phenoxy) is 1. The Bertz CT molecular complexity index is 564. The minimum atomic E-state index is -0.250. The Balaban J connectivity index is 0.000000647. The van der Waals surface area contributed by atoms with Gasteiger partial charge in [-0.15, -0.1) is 10.2 Å². The third-order valence-electron chi connectivity index (χ3n) is 4.15. The van der Waals surface area contributed by atoms with Crippen LogP contribution in [0.2, 0.25) is 0 Å². The monoisotopic (exact) mass is 339 g/mol. The molecule has 0 aromatic carbocycles. The van der Waals surface area contributed by atoms with E-state index in [9.17, 15) is 9.59 Å². The number of hydrogen-bond acceptors (Lipinski definition) is 6. The summed E-state index contributed by atoms with van der Waals surface area (Å²) in [6.45, 7) is 2.18. The molecule has 10 nitrogen and oxygen atoms in total.